The van der Waals surface area contributed by atoms with Crippen LogP contribution in [0.25, 0.3) is 11.4 Å². The zero-order chi connectivity index (χ0) is 11.8. The summed E-state index contributed by atoms with van der Waals surface area (Å²) in [5.74, 6) is 0.242. The minimum Gasteiger partial charge on any atom is -0.261 e. The number of hydrogen-bond acceptors (Lipinski definition) is 5. The lowest BCUT2D eigenvalue weighted by Crippen LogP contribution is -1.92. The second-order valence-electron chi connectivity index (χ2n) is 3.09. The number of aromatic nitrogens is 4. The Morgan fingerprint density at radius 2 is 2.12 bits per heavy atom. The lowest BCUT2D eigenvalue weighted by molar-refractivity contribution is 0.602. The van der Waals surface area contributed by atoms with Gasteiger partial charge in [-0.2, -0.15) is 10.1 Å². The van der Waals surface area contributed by atoms with Crippen LogP contribution in [-0.4, -0.2) is 28.6 Å². The zero-order valence-corrected chi connectivity index (χ0v) is 9.75. The highest BCUT2D eigenvalue weighted by Gasteiger charge is 2.16. The van der Waals surface area contributed by atoms with Crippen LogP contribution >= 0.6 is 10.7 Å². The first-order valence-electron chi connectivity index (χ1n) is 4.27. The number of pyridine rings is 1. The molecule has 16 heavy (non-hydrogen) atoms. The normalized spacial score (nSPS) is 11.6. The standard InChI is InChI=1S/C8H7ClN4O2S/c1-5-2-3-6(4-10-5)7-11-8(13-12-7)16(9,14)15/h2-4H,1H3,(H,11,12,13). The van der Waals surface area contributed by atoms with Crippen LogP contribution in [0.5, 0.6) is 0 Å². The van der Waals surface area contributed by atoms with E-state index in [4.69, 9.17) is 10.7 Å². The molecule has 0 atom stereocenters. The summed E-state index contributed by atoms with van der Waals surface area (Å²) >= 11 is 0. The van der Waals surface area contributed by atoms with Crippen LogP contribution in [0.15, 0.2) is 23.5 Å². The van der Waals surface area contributed by atoms with Gasteiger partial charge in [0.2, 0.25) is 0 Å². The van der Waals surface area contributed by atoms with Gasteiger partial charge >= 0.3 is 0 Å². The molecule has 0 radical (unpaired) electrons. The maximum Gasteiger partial charge on any atom is 0.296 e. The van der Waals surface area contributed by atoms with Crippen molar-refractivity contribution >= 4 is 19.7 Å². The molecule has 0 bridgehead atoms. The van der Waals surface area contributed by atoms with Gasteiger partial charge in [-0.05, 0) is 19.1 Å². The number of nitrogens with zero attached hydrogens (tertiary/aromatic N) is 3. The van der Waals surface area contributed by atoms with Gasteiger partial charge in [0.25, 0.3) is 14.2 Å². The maximum absolute atomic E-state index is 10.9. The molecule has 0 aliphatic rings. The minimum atomic E-state index is -3.88. The molecular formula is C8H7ClN4O2S. The lowest BCUT2D eigenvalue weighted by atomic mass is 10.2. The fraction of sp³-hybridized carbons (Fsp3) is 0.125. The number of aromatic amines is 1. The molecule has 0 aromatic carbocycles. The van der Waals surface area contributed by atoms with Crippen LogP contribution in [-0.2, 0) is 9.05 Å². The smallest absolute Gasteiger partial charge is 0.261 e. The molecule has 6 nitrogen and oxygen atoms in total. The molecule has 0 fully saturated rings. The first kappa shape index (κ1) is 11.0. The van der Waals surface area contributed by atoms with E-state index in [0.717, 1.165) is 5.69 Å². The lowest BCUT2D eigenvalue weighted by Gasteiger charge is -1.94. The first-order valence-corrected chi connectivity index (χ1v) is 6.58. The Morgan fingerprint density at radius 3 is 2.62 bits per heavy atom. The van der Waals surface area contributed by atoms with Crippen molar-refractivity contribution in [1.29, 1.82) is 0 Å². The number of rotatable bonds is 2. The van der Waals surface area contributed by atoms with Crippen LogP contribution < -0.4 is 0 Å². The maximum atomic E-state index is 10.9. The van der Waals surface area contributed by atoms with Crippen molar-refractivity contribution in [1.82, 2.24) is 20.2 Å². The Kier molecular flexibility index (Phi) is 2.64. The number of H-pyrrole nitrogens is 1. The number of nitrogens with one attached hydrogen (secondary N) is 1. The minimum absolute atomic E-state index is 0.242. The second-order valence-corrected chi connectivity index (χ2v) is 5.57. The van der Waals surface area contributed by atoms with Gasteiger partial charge in [-0.25, -0.2) is 13.5 Å². The van der Waals surface area contributed by atoms with Gasteiger partial charge in [-0.1, -0.05) is 0 Å². The summed E-state index contributed by atoms with van der Waals surface area (Å²) in [5, 5.41) is 5.62. The van der Waals surface area contributed by atoms with Crippen molar-refractivity contribution in [2.45, 2.75) is 12.1 Å². The van der Waals surface area contributed by atoms with Crippen molar-refractivity contribution in [2.24, 2.45) is 0 Å². The van der Waals surface area contributed by atoms with Crippen molar-refractivity contribution < 1.29 is 8.42 Å². The quantitative estimate of drug-likeness (QED) is 0.815. The van der Waals surface area contributed by atoms with E-state index in [9.17, 15) is 8.42 Å². The Bertz CT molecular complexity index is 605. The number of hydrogen-bond donors (Lipinski definition) is 1. The molecule has 0 spiro atoms. The van der Waals surface area contributed by atoms with Crippen LogP contribution in [0.2, 0.25) is 0 Å². The fourth-order valence-electron chi connectivity index (χ4n) is 1.09. The van der Waals surface area contributed by atoms with Crippen LogP contribution in [0.3, 0.4) is 0 Å². The second kappa shape index (κ2) is 3.84. The largest absolute Gasteiger partial charge is 0.296 e. The zero-order valence-electron chi connectivity index (χ0n) is 8.18. The Balaban J connectivity index is 2.43. The third-order valence-electron chi connectivity index (χ3n) is 1.87. The fourth-order valence-corrected chi connectivity index (χ4v) is 1.64. The average molecular weight is 259 g/mol. The van der Waals surface area contributed by atoms with Gasteiger partial charge in [0, 0.05) is 28.1 Å². The van der Waals surface area contributed by atoms with Gasteiger partial charge in [0.1, 0.15) is 0 Å². The highest BCUT2D eigenvalue weighted by Crippen LogP contribution is 2.16. The Hall–Kier alpha value is -1.47. The summed E-state index contributed by atoms with van der Waals surface area (Å²) in [6.45, 7) is 1.84. The third-order valence-corrected chi connectivity index (χ3v) is 2.95. The predicted octanol–water partition coefficient (Wildman–Crippen LogP) is 1.10. The summed E-state index contributed by atoms with van der Waals surface area (Å²) in [4.78, 5) is 7.81. The van der Waals surface area contributed by atoms with Gasteiger partial charge in [-0.15, -0.1) is 0 Å². The number of aryl methyl sites for hydroxylation is 1. The third kappa shape index (κ3) is 2.20. The van der Waals surface area contributed by atoms with Crippen LogP contribution in [0, 0.1) is 6.92 Å². The molecule has 0 unspecified atom stereocenters. The molecular weight excluding hydrogens is 252 g/mol. The molecule has 8 heteroatoms. The molecule has 0 saturated carbocycles. The molecule has 1 N–H and O–H groups in total. The van der Waals surface area contributed by atoms with E-state index in [0.29, 0.717) is 5.56 Å². The monoisotopic (exact) mass is 258 g/mol. The highest BCUT2D eigenvalue weighted by atomic mass is 35.7. The van der Waals surface area contributed by atoms with Crippen molar-refractivity contribution in [3.8, 4) is 11.4 Å². The van der Waals surface area contributed by atoms with E-state index in [1.165, 1.54) is 0 Å². The summed E-state index contributed by atoms with van der Waals surface area (Å²) in [5.41, 5.74) is 1.47. The van der Waals surface area contributed by atoms with Gasteiger partial charge in [0.15, 0.2) is 5.82 Å². The molecule has 2 heterocycles. The Labute approximate surface area is 96.1 Å². The van der Waals surface area contributed by atoms with Crippen molar-refractivity contribution in [2.75, 3.05) is 0 Å². The van der Waals surface area contributed by atoms with Crippen molar-refractivity contribution in [3.63, 3.8) is 0 Å². The summed E-state index contributed by atoms with van der Waals surface area (Å²) in [6, 6.07) is 3.52. The molecule has 2 aromatic heterocycles. The summed E-state index contributed by atoms with van der Waals surface area (Å²) < 4.78 is 21.9. The molecule has 2 rings (SSSR count). The Morgan fingerprint density at radius 1 is 1.38 bits per heavy atom. The summed E-state index contributed by atoms with van der Waals surface area (Å²) in [6.07, 6.45) is 1.56. The SMILES string of the molecule is Cc1ccc(-c2n[nH]c(S(=O)(=O)Cl)n2)cn1. The molecule has 2 aromatic rings. The molecule has 0 aliphatic heterocycles. The summed E-state index contributed by atoms with van der Waals surface area (Å²) in [7, 11) is 1.23. The van der Waals surface area contributed by atoms with Crippen LogP contribution in [0.4, 0.5) is 0 Å². The van der Waals surface area contributed by atoms with Gasteiger partial charge < -0.3 is 0 Å². The average Bonchev–Trinajstić information content (AvgIpc) is 2.67. The van der Waals surface area contributed by atoms with E-state index in [1.54, 1.807) is 18.3 Å². The van der Waals surface area contributed by atoms with Crippen LogP contribution in [0.1, 0.15) is 5.69 Å². The molecule has 0 amide bonds. The molecule has 84 valence electrons. The molecule has 0 saturated heterocycles. The van der Waals surface area contributed by atoms with E-state index >= 15 is 0 Å². The van der Waals surface area contributed by atoms with E-state index in [1.807, 2.05) is 6.92 Å². The first-order chi connectivity index (χ1) is 7.47. The van der Waals surface area contributed by atoms with Gasteiger partial charge in [-0.3, -0.25) is 4.98 Å². The van der Waals surface area contributed by atoms with Gasteiger partial charge in [0.05, 0.1) is 0 Å². The van der Waals surface area contributed by atoms with Crippen molar-refractivity contribution in [3.05, 3.63) is 24.0 Å². The van der Waals surface area contributed by atoms with E-state index in [2.05, 4.69) is 20.2 Å². The highest BCUT2D eigenvalue weighted by molar-refractivity contribution is 8.13. The number of halogens is 1. The predicted molar refractivity (Wildman–Crippen MR) is 57.4 cm³/mol. The molecule has 0 aliphatic carbocycles. The van der Waals surface area contributed by atoms with E-state index in [-0.39, 0.29) is 11.0 Å². The van der Waals surface area contributed by atoms with E-state index < -0.39 is 9.05 Å². The topological polar surface area (TPSA) is 88.6 Å².